The molecule has 2 N–H and O–H groups in total. The Morgan fingerprint density at radius 3 is 2.53 bits per heavy atom. The fourth-order valence-corrected chi connectivity index (χ4v) is 6.00. The number of hydrogen-bond donors (Lipinski definition) is 2. The summed E-state index contributed by atoms with van der Waals surface area (Å²) in [5, 5.41) is 6.23. The molecule has 11 heteroatoms. The molecule has 0 saturated heterocycles. The second-order valence-electron chi connectivity index (χ2n) is 7.12. The van der Waals surface area contributed by atoms with Crippen LogP contribution in [0.4, 0.5) is 10.8 Å². The van der Waals surface area contributed by atoms with Gasteiger partial charge in [0.05, 0.1) is 15.1 Å². The minimum absolute atomic E-state index is 0.0666. The Kier molecular flexibility index (Phi) is 6.05. The third-order valence-electron chi connectivity index (χ3n) is 4.74. The van der Waals surface area contributed by atoms with E-state index in [2.05, 4.69) is 20.0 Å². The number of nitrogens with zero attached hydrogens (tertiary/aromatic N) is 2. The van der Waals surface area contributed by atoms with Gasteiger partial charge >= 0.3 is 0 Å². The molecule has 0 aliphatic carbocycles. The molecule has 0 aliphatic rings. The molecule has 5 aromatic rings. The Morgan fingerprint density at radius 2 is 1.74 bits per heavy atom. The summed E-state index contributed by atoms with van der Waals surface area (Å²) < 4.78 is 28.8. The van der Waals surface area contributed by atoms with Crippen molar-refractivity contribution in [2.24, 2.45) is 0 Å². The maximum Gasteiger partial charge on any atom is 0.261 e. The van der Waals surface area contributed by atoms with E-state index >= 15 is 0 Å². The topological polar surface area (TPSA) is 101 Å². The highest BCUT2D eigenvalue weighted by atomic mass is 35.5. The molecule has 34 heavy (non-hydrogen) atoms. The zero-order chi connectivity index (χ0) is 23.7. The highest BCUT2D eigenvalue weighted by Crippen LogP contribution is 2.32. The van der Waals surface area contributed by atoms with Crippen molar-refractivity contribution in [1.29, 1.82) is 0 Å². The van der Waals surface area contributed by atoms with Crippen LogP contribution in [0, 0.1) is 0 Å². The monoisotopic (exact) mass is 526 g/mol. The highest BCUT2D eigenvalue weighted by molar-refractivity contribution is 7.92. The minimum atomic E-state index is -3.83. The van der Waals surface area contributed by atoms with E-state index in [-0.39, 0.29) is 16.1 Å². The number of halogens is 1. The van der Waals surface area contributed by atoms with Gasteiger partial charge in [0.15, 0.2) is 5.13 Å². The molecular formula is C23H15ClN4O3S3. The third-order valence-corrected chi connectivity index (χ3v) is 8.20. The lowest BCUT2D eigenvalue weighted by Gasteiger charge is -2.09. The van der Waals surface area contributed by atoms with Crippen molar-refractivity contribution in [2.45, 2.75) is 4.90 Å². The van der Waals surface area contributed by atoms with Crippen LogP contribution in [0.25, 0.3) is 20.9 Å². The van der Waals surface area contributed by atoms with Crippen LogP contribution >= 0.6 is 34.3 Å². The number of anilines is 2. The first-order valence-electron chi connectivity index (χ1n) is 9.89. The van der Waals surface area contributed by atoms with Crippen molar-refractivity contribution in [3.05, 3.63) is 88.8 Å². The maximum atomic E-state index is 12.8. The summed E-state index contributed by atoms with van der Waals surface area (Å²) in [5.41, 5.74) is 2.13. The molecule has 0 unspecified atom stereocenters. The van der Waals surface area contributed by atoms with E-state index in [1.165, 1.54) is 53.0 Å². The number of amides is 1. The lowest BCUT2D eigenvalue weighted by Crippen LogP contribution is -2.15. The number of sulfonamides is 1. The lowest BCUT2D eigenvalue weighted by atomic mass is 10.2. The molecule has 1 amide bonds. The summed E-state index contributed by atoms with van der Waals surface area (Å²) in [6.07, 6.45) is 0. The number of aromatic nitrogens is 2. The van der Waals surface area contributed by atoms with E-state index < -0.39 is 15.9 Å². The van der Waals surface area contributed by atoms with Gasteiger partial charge in [0.2, 0.25) is 0 Å². The number of hydrogen-bond acceptors (Lipinski definition) is 7. The molecule has 0 aliphatic heterocycles. The molecule has 0 spiro atoms. The second kappa shape index (κ2) is 9.15. The van der Waals surface area contributed by atoms with E-state index in [1.807, 2.05) is 29.6 Å². The number of thiazole rings is 2. The van der Waals surface area contributed by atoms with Crippen molar-refractivity contribution in [3.63, 3.8) is 0 Å². The van der Waals surface area contributed by atoms with Gasteiger partial charge in [-0.05, 0) is 54.6 Å². The first-order valence-corrected chi connectivity index (χ1v) is 13.4. The Balaban J connectivity index is 1.31. The van der Waals surface area contributed by atoms with Crippen LogP contribution in [0.2, 0.25) is 5.02 Å². The van der Waals surface area contributed by atoms with Crippen molar-refractivity contribution in [2.75, 3.05) is 10.0 Å². The fraction of sp³-hybridized carbons (Fsp3) is 0. The molecule has 170 valence electrons. The van der Waals surface area contributed by atoms with Crippen molar-refractivity contribution < 1.29 is 13.2 Å². The molecule has 2 heterocycles. The van der Waals surface area contributed by atoms with Gasteiger partial charge in [-0.25, -0.2) is 18.4 Å². The van der Waals surface area contributed by atoms with E-state index in [0.717, 1.165) is 15.2 Å². The largest absolute Gasteiger partial charge is 0.298 e. The summed E-state index contributed by atoms with van der Waals surface area (Å²) in [7, 11) is -3.83. The van der Waals surface area contributed by atoms with Crippen LogP contribution < -0.4 is 10.0 Å². The number of carbonyl (C=O) groups is 1. The number of para-hydroxylation sites is 1. The molecule has 0 bridgehead atoms. The Labute approximate surface area is 208 Å². The van der Waals surface area contributed by atoms with Crippen LogP contribution in [0.5, 0.6) is 0 Å². The SMILES string of the molecule is O=C(Nc1nc(-c2nc3ccccc3s2)cs1)c1cccc(NS(=O)(=O)c2ccc(Cl)cc2)c1. The number of rotatable bonds is 6. The van der Waals surface area contributed by atoms with Crippen LogP contribution in [0.15, 0.2) is 83.1 Å². The van der Waals surface area contributed by atoms with Crippen molar-refractivity contribution in [1.82, 2.24) is 9.97 Å². The normalized spacial score (nSPS) is 11.4. The van der Waals surface area contributed by atoms with Gasteiger partial charge in [-0.3, -0.25) is 14.8 Å². The van der Waals surface area contributed by atoms with Gasteiger partial charge in [-0.15, -0.1) is 22.7 Å². The van der Waals surface area contributed by atoms with E-state index in [0.29, 0.717) is 15.8 Å². The predicted molar refractivity (Wildman–Crippen MR) is 137 cm³/mol. The van der Waals surface area contributed by atoms with E-state index in [4.69, 9.17) is 11.6 Å². The summed E-state index contributed by atoms with van der Waals surface area (Å²) in [5.74, 6) is -0.405. The molecular weight excluding hydrogens is 512 g/mol. The molecule has 0 fully saturated rings. The fourth-order valence-electron chi connectivity index (χ4n) is 3.13. The second-order valence-corrected chi connectivity index (χ2v) is 11.1. The first kappa shape index (κ1) is 22.5. The quantitative estimate of drug-likeness (QED) is 0.277. The highest BCUT2D eigenvalue weighted by Gasteiger charge is 2.16. The first-order chi connectivity index (χ1) is 16.4. The zero-order valence-electron chi connectivity index (χ0n) is 17.2. The summed E-state index contributed by atoms with van der Waals surface area (Å²) in [6.45, 7) is 0. The van der Waals surface area contributed by atoms with Crippen LogP contribution in [-0.4, -0.2) is 24.3 Å². The van der Waals surface area contributed by atoms with Gasteiger partial charge in [0.25, 0.3) is 15.9 Å². The van der Waals surface area contributed by atoms with E-state index in [9.17, 15) is 13.2 Å². The van der Waals surface area contributed by atoms with Crippen LogP contribution in [0.1, 0.15) is 10.4 Å². The van der Waals surface area contributed by atoms with Crippen molar-refractivity contribution in [3.8, 4) is 10.7 Å². The van der Waals surface area contributed by atoms with Gasteiger partial charge in [-0.2, -0.15) is 0 Å². The molecule has 7 nitrogen and oxygen atoms in total. The van der Waals surface area contributed by atoms with Gasteiger partial charge in [0, 0.05) is 21.7 Å². The molecule has 2 aromatic heterocycles. The Morgan fingerprint density at radius 1 is 0.941 bits per heavy atom. The molecule has 0 atom stereocenters. The molecule has 0 saturated carbocycles. The summed E-state index contributed by atoms with van der Waals surface area (Å²) in [6, 6.07) is 19.9. The Hall–Kier alpha value is -3.31. The summed E-state index contributed by atoms with van der Waals surface area (Å²) in [4.78, 5) is 21.9. The average molecular weight is 527 g/mol. The van der Waals surface area contributed by atoms with Crippen LogP contribution in [-0.2, 0) is 10.0 Å². The Bertz CT molecular complexity index is 1580. The smallest absolute Gasteiger partial charge is 0.261 e. The zero-order valence-corrected chi connectivity index (χ0v) is 20.4. The average Bonchev–Trinajstić information content (AvgIpc) is 3.46. The molecule has 0 radical (unpaired) electrons. The molecule has 5 rings (SSSR count). The maximum absolute atomic E-state index is 12.8. The minimum Gasteiger partial charge on any atom is -0.298 e. The van der Waals surface area contributed by atoms with Crippen LogP contribution in [0.3, 0.4) is 0 Å². The molecule has 3 aromatic carbocycles. The number of benzene rings is 3. The number of fused-ring (bicyclic) bond motifs is 1. The number of carbonyl (C=O) groups excluding carboxylic acids is 1. The van der Waals surface area contributed by atoms with Gasteiger partial charge in [0.1, 0.15) is 10.7 Å². The van der Waals surface area contributed by atoms with Gasteiger partial charge in [-0.1, -0.05) is 29.8 Å². The summed E-state index contributed by atoms with van der Waals surface area (Å²) >= 11 is 8.66. The standard InChI is InChI=1S/C23H15ClN4O3S3/c24-15-8-10-17(11-9-15)34(30,31)28-16-5-3-4-14(12-16)21(29)27-23-26-19(13-32-23)22-25-18-6-1-2-7-20(18)33-22/h1-13,28H,(H,26,27,29). The van der Waals surface area contributed by atoms with Gasteiger partial charge < -0.3 is 0 Å². The lowest BCUT2D eigenvalue weighted by molar-refractivity contribution is 0.102. The van der Waals surface area contributed by atoms with E-state index in [1.54, 1.807) is 18.2 Å². The van der Waals surface area contributed by atoms with Crippen molar-refractivity contribution >= 4 is 71.2 Å². The number of nitrogens with one attached hydrogen (secondary N) is 2. The predicted octanol–water partition coefficient (Wildman–Crippen LogP) is 6.13. The third kappa shape index (κ3) is 4.80.